The van der Waals surface area contributed by atoms with Crippen molar-refractivity contribution < 1.29 is 5.11 Å². The molecule has 0 saturated carbocycles. The predicted octanol–water partition coefficient (Wildman–Crippen LogP) is 0.220. The molecular formula is C6H11N3O. The van der Waals surface area contributed by atoms with Crippen molar-refractivity contribution in [1.82, 2.24) is 14.8 Å². The lowest BCUT2D eigenvalue weighted by atomic mass is 10.2. The molecule has 0 aliphatic heterocycles. The van der Waals surface area contributed by atoms with E-state index < -0.39 is 0 Å². The predicted molar refractivity (Wildman–Crippen MR) is 36.4 cm³/mol. The second kappa shape index (κ2) is 2.79. The van der Waals surface area contributed by atoms with Crippen LogP contribution in [-0.2, 0) is 0 Å². The molecule has 0 bridgehead atoms. The van der Waals surface area contributed by atoms with Gasteiger partial charge in [-0.2, -0.15) is 0 Å². The zero-order valence-electron chi connectivity index (χ0n) is 6.10. The number of aliphatic hydroxyl groups excluding tert-OH is 1. The van der Waals surface area contributed by atoms with Gasteiger partial charge in [0.1, 0.15) is 12.7 Å². The highest BCUT2D eigenvalue weighted by molar-refractivity contribution is 4.72. The van der Waals surface area contributed by atoms with Gasteiger partial charge in [0.05, 0.1) is 12.1 Å². The van der Waals surface area contributed by atoms with Crippen LogP contribution in [0.5, 0.6) is 0 Å². The maximum atomic E-state index is 9.12. The van der Waals surface area contributed by atoms with Crippen LogP contribution in [-0.4, -0.2) is 26.0 Å². The lowest BCUT2D eigenvalue weighted by molar-refractivity contribution is 0.139. The fraction of sp³-hybridized carbons (Fsp3) is 0.667. The third kappa shape index (κ3) is 1.33. The molecule has 0 saturated heterocycles. The molecule has 0 aromatic carbocycles. The van der Waals surface area contributed by atoms with Crippen LogP contribution in [0.4, 0.5) is 0 Å². The minimum absolute atomic E-state index is 0.0509. The maximum Gasteiger partial charge on any atom is 0.119 e. The molecule has 0 aliphatic rings. The van der Waals surface area contributed by atoms with Crippen molar-refractivity contribution in [2.75, 3.05) is 0 Å². The monoisotopic (exact) mass is 141 g/mol. The van der Waals surface area contributed by atoms with E-state index in [-0.39, 0.29) is 12.1 Å². The molecule has 0 fully saturated rings. The zero-order chi connectivity index (χ0) is 7.56. The van der Waals surface area contributed by atoms with E-state index in [9.17, 15) is 0 Å². The Hall–Kier alpha value is -0.900. The Morgan fingerprint density at radius 1 is 1.30 bits per heavy atom. The summed E-state index contributed by atoms with van der Waals surface area (Å²) in [7, 11) is 0. The first-order valence-corrected chi connectivity index (χ1v) is 3.24. The van der Waals surface area contributed by atoms with E-state index in [2.05, 4.69) is 10.2 Å². The maximum absolute atomic E-state index is 9.12. The van der Waals surface area contributed by atoms with Crippen LogP contribution in [0.2, 0.25) is 0 Å². The van der Waals surface area contributed by atoms with Gasteiger partial charge in [-0.3, -0.25) is 0 Å². The summed E-state index contributed by atoms with van der Waals surface area (Å²) in [6.07, 6.45) is 2.82. The Bertz CT molecular complexity index is 183. The van der Waals surface area contributed by atoms with E-state index in [1.165, 1.54) is 0 Å². The van der Waals surface area contributed by atoms with Gasteiger partial charge in [-0.05, 0) is 13.8 Å². The Morgan fingerprint density at radius 2 is 1.80 bits per heavy atom. The van der Waals surface area contributed by atoms with E-state index in [1.54, 1.807) is 24.1 Å². The summed E-state index contributed by atoms with van der Waals surface area (Å²) >= 11 is 0. The van der Waals surface area contributed by atoms with Crippen LogP contribution in [0.3, 0.4) is 0 Å². The molecule has 1 rings (SSSR count). The first kappa shape index (κ1) is 7.21. The quantitative estimate of drug-likeness (QED) is 0.641. The van der Waals surface area contributed by atoms with Crippen LogP contribution in [0.15, 0.2) is 12.7 Å². The molecule has 0 spiro atoms. The fourth-order valence-corrected chi connectivity index (χ4v) is 0.668. The van der Waals surface area contributed by atoms with E-state index in [0.717, 1.165) is 0 Å². The average molecular weight is 141 g/mol. The standard InChI is InChI=1S/C6H11N3O/c1-5(6(2)10)9-3-7-8-4-9/h3-6,10H,1-2H3/t5-,6-/m0/s1. The SMILES string of the molecule is C[C@H](O)[C@H](C)n1cnnc1. The van der Waals surface area contributed by atoms with E-state index in [1.807, 2.05) is 6.92 Å². The van der Waals surface area contributed by atoms with Gasteiger partial charge in [-0.25, -0.2) is 0 Å². The summed E-state index contributed by atoms with van der Waals surface area (Å²) in [5.74, 6) is 0. The lowest BCUT2D eigenvalue weighted by Crippen LogP contribution is -2.16. The van der Waals surface area contributed by atoms with Gasteiger partial charge in [0.25, 0.3) is 0 Å². The number of aliphatic hydroxyl groups is 1. The molecule has 4 nitrogen and oxygen atoms in total. The van der Waals surface area contributed by atoms with Gasteiger partial charge in [0, 0.05) is 0 Å². The van der Waals surface area contributed by atoms with Crippen molar-refractivity contribution in [3.05, 3.63) is 12.7 Å². The molecule has 0 aliphatic carbocycles. The van der Waals surface area contributed by atoms with Crippen molar-refractivity contribution in [3.63, 3.8) is 0 Å². The molecule has 10 heavy (non-hydrogen) atoms. The third-order valence-electron chi connectivity index (χ3n) is 1.61. The summed E-state index contributed by atoms with van der Waals surface area (Å²) < 4.78 is 1.77. The molecule has 1 aromatic rings. The summed E-state index contributed by atoms with van der Waals surface area (Å²) in [5, 5.41) is 16.4. The van der Waals surface area contributed by atoms with Crippen molar-refractivity contribution >= 4 is 0 Å². The topological polar surface area (TPSA) is 50.9 Å². The van der Waals surface area contributed by atoms with Crippen LogP contribution in [0, 0.1) is 0 Å². The zero-order valence-corrected chi connectivity index (χ0v) is 6.10. The molecule has 4 heteroatoms. The molecule has 56 valence electrons. The number of hydrogen-bond donors (Lipinski definition) is 1. The Balaban J connectivity index is 2.68. The summed E-state index contributed by atoms with van der Waals surface area (Å²) in [6.45, 7) is 3.65. The molecular weight excluding hydrogens is 130 g/mol. The Labute approximate surface area is 59.5 Å². The number of aromatic nitrogens is 3. The highest BCUT2D eigenvalue weighted by Crippen LogP contribution is 2.07. The first-order chi connectivity index (χ1) is 4.72. The van der Waals surface area contributed by atoms with Gasteiger partial charge in [-0.15, -0.1) is 10.2 Å². The smallest absolute Gasteiger partial charge is 0.119 e. The Morgan fingerprint density at radius 3 is 2.20 bits per heavy atom. The minimum Gasteiger partial charge on any atom is -0.391 e. The summed E-state index contributed by atoms with van der Waals surface area (Å²) in [5.41, 5.74) is 0. The largest absolute Gasteiger partial charge is 0.391 e. The van der Waals surface area contributed by atoms with Crippen LogP contribution in [0.1, 0.15) is 19.9 Å². The normalized spacial score (nSPS) is 16.7. The van der Waals surface area contributed by atoms with Gasteiger partial charge < -0.3 is 9.67 Å². The molecule has 1 heterocycles. The molecule has 0 radical (unpaired) electrons. The molecule has 1 aromatic heterocycles. The first-order valence-electron chi connectivity index (χ1n) is 3.24. The second-order valence-corrected chi connectivity index (χ2v) is 2.39. The van der Waals surface area contributed by atoms with Crippen molar-refractivity contribution in [3.8, 4) is 0 Å². The average Bonchev–Trinajstić information content (AvgIpc) is 2.36. The van der Waals surface area contributed by atoms with Crippen molar-refractivity contribution in [2.24, 2.45) is 0 Å². The van der Waals surface area contributed by atoms with Gasteiger partial charge in [0.15, 0.2) is 0 Å². The van der Waals surface area contributed by atoms with Crippen LogP contribution in [0.25, 0.3) is 0 Å². The highest BCUT2D eigenvalue weighted by atomic mass is 16.3. The van der Waals surface area contributed by atoms with Crippen molar-refractivity contribution in [2.45, 2.75) is 26.0 Å². The van der Waals surface area contributed by atoms with Gasteiger partial charge in [0.2, 0.25) is 0 Å². The summed E-state index contributed by atoms with van der Waals surface area (Å²) in [6, 6.07) is 0.0509. The van der Waals surface area contributed by atoms with Crippen LogP contribution < -0.4 is 0 Å². The van der Waals surface area contributed by atoms with Crippen molar-refractivity contribution in [1.29, 1.82) is 0 Å². The second-order valence-electron chi connectivity index (χ2n) is 2.39. The van der Waals surface area contributed by atoms with Crippen LogP contribution >= 0.6 is 0 Å². The van der Waals surface area contributed by atoms with Gasteiger partial charge >= 0.3 is 0 Å². The van der Waals surface area contributed by atoms with E-state index in [0.29, 0.717) is 0 Å². The highest BCUT2D eigenvalue weighted by Gasteiger charge is 2.09. The number of nitrogens with zero attached hydrogens (tertiary/aromatic N) is 3. The van der Waals surface area contributed by atoms with E-state index >= 15 is 0 Å². The number of rotatable bonds is 2. The molecule has 0 amide bonds. The van der Waals surface area contributed by atoms with Gasteiger partial charge in [-0.1, -0.05) is 0 Å². The number of hydrogen-bond acceptors (Lipinski definition) is 3. The summed E-state index contributed by atoms with van der Waals surface area (Å²) in [4.78, 5) is 0. The third-order valence-corrected chi connectivity index (χ3v) is 1.61. The fourth-order valence-electron chi connectivity index (χ4n) is 0.668. The minimum atomic E-state index is -0.365. The van der Waals surface area contributed by atoms with E-state index in [4.69, 9.17) is 5.11 Å². The molecule has 1 N–H and O–H groups in total. The molecule has 0 unspecified atom stereocenters. The Kier molecular flexibility index (Phi) is 2.01. The lowest BCUT2D eigenvalue weighted by Gasteiger charge is -2.14. The molecule has 2 atom stereocenters.